The number of nitrogens with one attached hydrogen (secondary N) is 1. The van der Waals surface area contributed by atoms with E-state index in [4.69, 9.17) is 4.98 Å². The van der Waals surface area contributed by atoms with Gasteiger partial charge in [0.2, 0.25) is 0 Å². The van der Waals surface area contributed by atoms with Crippen LogP contribution in [0, 0.1) is 13.8 Å². The molecule has 0 amide bonds. The van der Waals surface area contributed by atoms with Crippen LogP contribution in [0.4, 0.5) is 0 Å². The molecule has 1 fully saturated rings. The standard InChI is InChI=1S/C20H20N6OS2/c1-10-11(2)28-19-15(10)18(27)22-16(23-19)12(3)29-20-25-24-17(26(20)14-6-7-14)13-5-4-8-21-9-13/h4-5,8-9,12,14H,6-7H2,1-3H3,(H,22,23,27)/t12-/m0/s1. The van der Waals surface area contributed by atoms with Gasteiger partial charge in [-0.3, -0.25) is 14.3 Å². The quantitative estimate of drug-likeness (QED) is 0.476. The molecule has 4 aromatic heterocycles. The highest BCUT2D eigenvalue weighted by Gasteiger charge is 2.31. The van der Waals surface area contributed by atoms with Gasteiger partial charge < -0.3 is 4.98 Å². The van der Waals surface area contributed by atoms with E-state index in [2.05, 4.69) is 24.7 Å². The van der Waals surface area contributed by atoms with Crippen molar-refractivity contribution in [3.8, 4) is 11.4 Å². The van der Waals surface area contributed by atoms with E-state index >= 15 is 0 Å². The summed E-state index contributed by atoms with van der Waals surface area (Å²) in [6, 6.07) is 4.33. The van der Waals surface area contributed by atoms with E-state index in [-0.39, 0.29) is 10.8 Å². The van der Waals surface area contributed by atoms with Crippen molar-refractivity contribution in [3.63, 3.8) is 0 Å². The number of nitrogens with zero attached hydrogens (tertiary/aromatic N) is 5. The Kier molecular flexibility index (Phi) is 4.51. The highest BCUT2D eigenvalue weighted by molar-refractivity contribution is 7.99. The Labute approximate surface area is 175 Å². The Morgan fingerprint density at radius 1 is 1.31 bits per heavy atom. The van der Waals surface area contributed by atoms with E-state index in [9.17, 15) is 4.79 Å². The third-order valence-electron chi connectivity index (χ3n) is 5.22. The zero-order valence-corrected chi connectivity index (χ0v) is 18.0. The van der Waals surface area contributed by atoms with Crippen molar-refractivity contribution in [3.05, 3.63) is 51.1 Å². The van der Waals surface area contributed by atoms with Gasteiger partial charge in [0.1, 0.15) is 10.7 Å². The lowest BCUT2D eigenvalue weighted by Gasteiger charge is -2.12. The summed E-state index contributed by atoms with van der Waals surface area (Å²) in [5.74, 6) is 1.51. The van der Waals surface area contributed by atoms with E-state index in [0.29, 0.717) is 17.3 Å². The van der Waals surface area contributed by atoms with Gasteiger partial charge in [-0.05, 0) is 51.3 Å². The summed E-state index contributed by atoms with van der Waals surface area (Å²) in [5, 5.41) is 10.4. The van der Waals surface area contributed by atoms with Crippen LogP contribution in [-0.4, -0.2) is 29.7 Å². The van der Waals surface area contributed by atoms with Crippen LogP contribution in [0.5, 0.6) is 0 Å². The van der Waals surface area contributed by atoms with E-state index < -0.39 is 0 Å². The van der Waals surface area contributed by atoms with E-state index in [1.54, 1.807) is 29.3 Å². The maximum atomic E-state index is 12.6. The Morgan fingerprint density at radius 2 is 2.14 bits per heavy atom. The second-order valence-electron chi connectivity index (χ2n) is 7.32. The fraction of sp³-hybridized carbons (Fsp3) is 0.350. The predicted molar refractivity (Wildman–Crippen MR) is 116 cm³/mol. The van der Waals surface area contributed by atoms with Crippen LogP contribution in [0.15, 0.2) is 34.5 Å². The SMILES string of the molecule is Cc1sc2nc([C@H](C)Sc3nnc(-c4cccnc4)n3C3CC3)[nH]c(=O)c2c1C. The average Bonchev–Trinajstić information content (AvgIpc) is 3.40. The molecular weight excluding hydrogens is 404 g/mol. The first-order valence-electron chi connectivity index (χ1n) is 9.54. The minimum atomic E-state index is -0.0704. The topological polar surface area (TPSA) is 89.3 Å². The highest BCUT2D eigenvalue weighted by atomic mass is 32.2. The molecule has 0 aliphatic heterocycles. The summed E-state index contributed by atoms with van der Waals surface area (Å²) in [5.41, 5.74) is 1.91. The maximum absolute atomic E-state index is 12.6. The number of rotatable bonds is 5. The zero-order chi connectivity index (χ0) is 20.1. The summed E-state index contributed by atoms with van der Waals surface area (Å²) in [6.45, 7) is 6.04. The number of thiophene rings is 1. The van der Waals surface area contributed by atoms with Crippen molar-refractivity contribution in [1.29, 1.82) is 0 Å². The van der Waals surface area contributed by atoms with Crippen molar-refractivity contribution < 1.29 is 0 Å². The van der Waals surface area contributed by atoms with Gasteiger partial charge in [0.25, 0.3) is 5.56 Å². The summed E-state index contributed by atoms with van der Waals surface area (Å²) >= 11 is 3.15. The molecule has 1 saturated carbocycles. The van der Waals surface area contributed by atoms with Gasteiger partial charge >= 0.3 is 0 Å². The lowest BCUT2D eigenvalue weighted by molar-refractivity contribution is 0.667. The van der Waals surface area contributed by atoms with Gasteiger partial charge in [-0.1, -0.05) is 11.8 Å². The second kappa shape index (κ2) is 7.07. The van der Waals surface area contributed by atoms with Crippen LogP contribution in [0.3, 0.4) is 0 Å². The van der Waals surface area contributed by atoms with Crippen molar-refractivity contribution in [2.24, 2.45) is 0 Å². The summed E-state index contributed by atoms with van der Waals surface area (Å²) < 4.78 is 2.20. The molecule has 0 spiro atoms. The summed E-state index contributed by atoms with van der Waals surface area (Å²) in [4.78, 5) is 26.5. The number of aryl methyl sites for hydroxylation is 2. The molecule has 29 heavy (non-hydrogen) atoms. The normalized spacial score (nSPS) is 15.1. The van der Waals surface area contributed by atoms with Crippen LogP contribution in [-0.2, 0) is 0 Å². The molecule has 4 heterocycles. The first kappa shape index (κ1) is 18.5. The number of aromatic nitrogens is 6. The van der Waals surface area contributed by atoms with E-state index in [0.717, 1.165) is 44.7 Å². The lowest BCUT2D eigenvalue weighted by atomic mass is 10.2. The van der Waals surface area contributed by atoms with Crippen LogP contribution >= 0.6 is 23.1 Å². The number of pyridine rings is 1. The molecule has 7 nitrogen and oxygen atoms in total. The third kappa shape index (κ3) is 3.28. The molecule has 1 atom stereocenters. The lowest BCUT2D eigenvalue weighted by Crippen LogP contribution is -2.12. The highest BCUT2D eigenvalue weighted by Crippen LogP contribution is 2.43. The Balaban J connectivity index is 1.50. The molecule has 4 aromatic rings. The molecule has 0 bridgehead atoms. The van der Waals surface area contributed by atoms with Crippen molar-refractivity contribution in [1.82, 2.24) is 29.7 Å². The molecule has 0 radical (unpaired) electrons. The molecule has 1 aliphatic rings. The average molecular weight is 425 g/mol. The maximum Gasteiger partial charge on any atom is 0.259 e. The number of aromatic amines is 1. The van der Waals surface area contributed by atoms with E-state index in [1.165, 1.54) is 0 Å². The van der Waals surface area contributed by atoms with Gasteiger partial charge in [-0.15, -0.1) is 21.5 Å². The Morgan fingerprint density at radius 3 is 2.86 bits per heavy atom. The number of H-pyrrole nitrogens is 1. The fourth-order valence-corrected chi connectivity index (χ4v) is 5.40. The predicted octanol–water partition coefficient (Wildman–Crippen LogP) is 4.44. The summed E-state index contributed by atoms with van der Waals surface area (Å²) in [6.07, 6.45) is 5.82. The number of hydrogen-bond acceptors (Lipinski definition) is 7. The Bertz CT molecular complexity index is 1260. The molecule has 5 rings (SSSR count). The van der Waals surface area contributed by atoms with Crippen molar-refractivity contribution in [2.75, 3.05) is 0 Å². The van der Waals surface area contributed by atoms with Crippen LogP contribution < -0.4 is 5.56 Å². The van der Waals surface area contributed by atoms with Gasteiger partial charge in [-0.25, -0.2) is 4.98 Å². The second-order valence-corrected chi connectivity index (χ2v) is 9.83. The zero-order valence-electron chi connectivity index (χ0n) is 16.3. The Hall–Kier alpha value is -2.52. The van der Waals surface area contributed by atoms with Crippen molar-refractivity contribution >= 4 is 33.3 Å². The molecule has 1 N–H and O–H groups in total. The monoisotopic (exact) mass is 424 g/mol. The van der Waals surface area contributed by atoms with Gasteiger partial charge in [0, 0.05) is 28.9 Å². The molecular formula is C20H20N6OS2. The van der Waals surface area contributed by atoms with Crippen molar-refractivity contribution in [2.45, 2.75) is 50.1 Å². The molecule has 0 saturated heterocycles. The molecule has 1 aliphatic carbocycles. The van der Waals surface area contributed by atoms with Crippen LogP contribution in [0.1, 0.15) is 47.3 Å². The first-order chi connectivity index (χ1) is 14.0. The van der Waals surface area contributed by atoms with Gasteiger partial charge in [-0.2, -0.15) is 0 Å². The number of fused-ring (bicyclic) bond motifs is 1. The molecule has 0 aromatic carbocycles. The third-order valence-corrected chi connectivity index (χ3v) is 7.39. The minimum absolute atomic E-state index is 0.0572. The van der Waals surface area contributed by atoms with Gasteiger partial charge in [0.15, 0.2) is 11.0 Å². The van der Waals surface area contributed by atoms with Crippen LogP contribution in [0.2, 0.25) is 0 Å². The molecule has 148 valence electrons. The first-order valence-corrected chi connectivity index (χ1v) is 11.2. The number of hydrogen-bond donors (Lipinski definition) is 1. The minimum Gasteiger partial charge on any atom is -0.309 e. The molecule has 9 heteroatoms. The number of thioether (sulfide) groups is 1. The largest absolute Gasteiger partial charge is 0.309 e. The van der Waals surface area contributed by atoms with Crippen LogP contribution in [0.25, 0.3) is 21.6 Å². The fourth-order valence-electron chi connectivity index (χ4n) is 3.39. The summed E-state index contributed by atoms with van der Waals surface area (Å²) in [7, 11) is 0. The van der Waals surface area contributed by atoms with Gasteiger partial charge in [0.05, 0.1) is 10.6 Å². The smallest absolute Gasteiger partial charge is 0.259 e. The molecule has 0 unspecified atom stereocenters. The van der Waals surface area contributed by atoms with E-state index in [1.807, 2.05) is 39.1 Å².